The number of hydrogen-bond acceptors (Lipinski definition) is 3. The molecule has 3 aromatic rings. The first-order valence-electron chi connectivity index (χ1n) is 7.93. The van der Waals surface area contributed by atoms with Gasteiger partial charge in [-0.05, 0) is 53.1 Å². The predicted molar refractivity (Wildman–Crippen MR) is 91.9 cm³/mol. The third kappa shape index (κ3) is 2.49. The van der Waals surface area contributed by atoms with Gasteiger partial charge in [-0.1, -0.05) is 24.3 Å². The van der Waals surface area contributed by atoms with Crippen LogP contribution in [0.25, 0.3) is 10.8 Å². The van der Waals surface area contributed by atoms with Crippen molar-refractivity contribution in [2.24, 2.45) is 5.73 Å². The molecule has 0 saturated carbocycles. The molecular weight excluding hydrogens is 305 g/mol. The lowest BCUT2D eigenvalue weighted by atomic mass is 9.90. The molecule has 122 valence electrons. The SMILES string of the molecule is COc1ccc2ccc3c(c2c1)C[C@@H](N)C(c1ccc(F)cc1)O3. The number of nitrogens with two attached hydrogens (primary N) is 1. The van der Waals surface area contributed by atoms with Gasteiger partial charge in [0, 0.05) is 5.56 Å². The number of methoxy groups -OCH3 is 1. The number of fused-ring (bicyclic) bond motifs is 3. The first-order valence-corrected chi connectivity index (χ1v) is 7.93. The molecule has 0 bridgehead atoms. The largest absolute Gasteiger partial charge is 0.497 e. The van der Waals surface area contributed by atoms with E-state index < -0.39 is 0 Å². The van der Waals surface area contributed by atoms with Crippen molar-refractivity contribution < 1.29 is 13.9 Å². The van der Waals surface area contributed by atoms with Gasteiger partial charge >= 0.3 is 0 Å². The van der Waals surface area contributed by atoms with Gasteiger partial charge in [0.2, 0.25) is 0 Å². The first-order chi connectivity index (χ1) is 11.7. The van der Waals surface area contributed by atoms with E-state index in [4.69, 9.17) is 15.2 Å². The number of halogens is 1. The van der Waals surface area contributed by atoms with Crippen LogP contribution in [0.4, 0.5) is 4.39 Å². The van der Waals surface area contributed by atoms with Gasteiger partial charge in [-0.2, -0.15) is 0 Å². The molecule has 3 nitrogen and oxygen atoms in total. The average molecular weight is 323 g/mol. The molecule has 2 atom stereocenters. The monoisotopic (exact) mass is 323 g/mol. The second kappa shape index (κ2) is 5.80. The summed E-state index contributed by atoms with van der Waals surface area (Å²) in [6.07, 6.45) is 0.420. The summed E-state index contributed by atoms with van der Waals surface area (Å²) in [5.41, 5.74) is 8.36. The summed E-state index contributed by atoms with van der Waals surface area (Å²) in [6, 6.07) is 16.1. The molecule has 1 unspecified atom stereocenters. The zero-order valence-corrected chi connectivity index (χ0v) is 13.3. The quantitative estimate of drug-likeness (QED) is 0.775. The highest BCUT2D eigenvalue weighted by atomic mass is 19.1. The van der Waals surface area contributed by atoms with E-state index in [0.717, 1.165) is 33.4 Å². The Bertz CT molecular complexity index is 892. The molecule has 0 fully saturated rings. The first kappa shape index (κ1) is 15.0. The van der Waals surface area contributed by atoms with E-state index in [9.17, 15) is 4.39 Å². The molecular formula is C20H18FNO2. The van der Waals surface area contributed by atoms with Crippen molar-refractivity contribution in [3.8, 4) is 11.5 Å². The third-order valence-corrected chi connectivity index (χ3v) is 4.58. The zero-order valence-electron chi connectivity index (χ0n) is 13.3. The van der Waals surface area contributed by atoms with Crippen molar-refractivity contribution >= 4 is 10.8 Å². The Balaban J connectivity index is 1.77. The van der Waals surface area contributed by atoms with Crippen molar-refractivity contribution in [3.63, 3.8) is 0 Å². The molecule has 3 aromatic carbocycles. The average Bonchev–Trinajstić information content (AvgIpc) is 2.61. The Hall–Kier alpha value is -2.59. The molecule has 0 aliphatic carbocycles. The summed E-state index contributed by atoms with van der Waals surface area (Å²) in [4.78, 5) is 0. The molecule has 0 aromatic heterocycles. The van der Waals surface area contributed by atoms with Crippen molar-refractivity contribution in [1.29, 1.82) is 0 Å². The predicted octanol–water partition coefficient (Wildman–Crippen LogP) is 3.99. The smallest absolute Gasteiger partial charge is 0.139 e. The number of benzene rings is 3. The van der Waals surface area contributed by atoms with Crippen molar-refractivity contribution in [2.45, 2.75) is 18.6 Å². The van der Waals surface area contributed by atoms with Gasteiger partial charge < -0.3 is 15.2 Å². The zero-order chi connectivity index (χ0) is 16.7. The van der Waals surface area contributed by atoms with Crippen LogP contribution in [0.5, 0.6) is 11.5 Å². The van der Waals surface area contributed by atoms with Crippen LogP contribution < -0.4 is 15.2 Å². The normalized spacial score (nSPS) is 19.6. The summed E-state index contributed by atoms with van der Waals surface area (Å²) >= 11 is 0. The number of ether oxygens (including phenoxy) is 2. The minimum Gasteiger partial charge on any atom is -0.497 e. The number of rotatable bonds is 2. The van der Waals surface area contributed by atoms with Crippen LogP contribution in [-0.4, -0.2) is 13.2 Å². The summed E-state index contributed by atoms with van der Waals surface area (Å²) in [5, 5.41) is 2.23. The highest BCUT2D eigenvalue weighted by Gasteiger charge is 2.29. The Morgan fingerprint density at radius 3 is 2.58 bits per heavy atom. The Labute approximate surface area is 139 Å². The fourth-order valence-corrected chi connectivity index (χ4v) is 3.32. The van der Waals surface area contributed by atoms with Gasteiger partial charge in [-0.3, -0.25) is 0 Å². The van der Waals surface area contributed by atoms with Crippen LogP contribution in [-0.2, 0) is 6.42 Å². The topological polar surface area (TPSA) is 44.5 Å². The van der Waals surface area contributed by atoms with Gasteiger partial charge in [0.15, 0.2) is 0 Å². The van der Waals surface area contributed by atoms with Crippen molar-refractivity contribution in [3.05, 3.63) is 71.5 Å². The van der Waals surface area contributed by atoms with Crippen LogP contribution in [0, 0.1) is 5.82 Å². The Morgan fingerprint density at radius 1 is 1.08 bits per heavy atom. The Kier molecular flexibility index (Phi) is 3.62. The van der Waals surface area contributed by atoms with Crippen molar-refractivity contribution in [1.82, 2.24) is 0 Å². The summed E-state index contributed by atoms with van der Waals surface area (Å²) in [5.74, 6) is 1.37. The lowest BCUT2D eigenvalue weighted by Gasteiger charge is -2.32. The molecule has 0 radical (unpaired) electrons. The lowest BCUT2D eigenvalue weighted by molar-refractivity contribution is 0.154. The van der Waals surface area contributed by atoms with E-state index in [1.807, 2.05) is 30.3 Å². The van der Waals surface area contributed by atoms with Gasteiger partial charge in [0.25, 0.3) is 0 Å². The second-order valence-corrected chi connectivity index (χ2v) is 6.09. The van der Waals surface area contributed by atoms with Crippen LogP contribution >= 0.6 is 0 Å². The maximum Gasteiger partial charge on any atom is 0.139 e. The Morgan fingerprint density at radius 2 is 1.83 bits per heavy atom. The summed E-state index contributed by atoms with van der Waals surface area (Å²) < 4.78 is 24.6. The summed E-state index contributed by atoms with van der Waals surface area (Å²) in [7, 11) is 1.66. The molecule has 1 heterocycles. The van der Waals surface area contributed by atoms with Gasteiger partial charge in [0.1, 0.15) is 23.4 Å². The maximum atomic E-state index is 13.2. The molecule has 0 amide bonds. The van der Waals surface area contributed by atoms with E-state index in [0.29, 0.717) is 6.42 Å². The minimum atomic E-state index is -0.277. The molecule has 4 heteroatoms. The van der Waals surface area contributed by atoms with Crippen LogP contribution in [0.2, 0.25) is 0 Å². The standard InChI is InChI=1S/C20H18FNO2/c1-23-15-8-4-12-5-9-19-17(16(12)10-15)11-18(22)20(24-19)13-2-6-14(21)7-3-13/h2-10,18,20H,11,22H2,1H3/t18-,20?/m1/s1. The molecule has 0 saturated heterocycles. The summed E-state index contributed by atoms with van der Waals surface area (Å²) in [6.45, 7) is 0. The van der Waals surface area contributed by atoms with Gasteiger partial charge in [-0.25, -0.2) is 4.39 Å². The molecule has 0 spiro atoms. The molecule has 1 aliphatic rings. The maximum absolute atomic E-state index is 13.2. The van der Waals surface area contributed by atoms with Gasteiger partial charge in [-0.15, -0.1) is 0 Å². The van der Waals surface area contributed by atoms with Gasteiger partial charge in [0.05, 0.1) is 13.2 Å². The van der Waals surface area contributed by atoms with E-state index in [2.05, 4.69) is 0 Å². The highest BCUT2D eigenvalue weighted by Crippen LogP contribution is 2.39. The fraction of sp³-hybridized carbons (Fsp3) is 0.200. The van der Waals surface area contributed by atoms with E-state index in [1.54, 1.807) is 19.2 Å². The van der Waals surface area contributed by atoms with Crippen molar-refractivity contribution in [2.75, 3.05) is 7.11 Å². The third-order valence-electron chi connectivity index (χ3n) is 4.58. The highest BCUT2D eigenvalue weighted by molar-refractivity contribution is 5.89. The second-order valence-electron chi connectivity index (χ2n) is 6.09. The molecule has 1 aliphatic heterocycles. The molecule has 24 heavy (non-hydrogen) atoms. The van der Waals surface area contributed by atoms with E-state index in [1.165, 1.54) is 12.1 Å². The van der Waals surface area contributed by atoms with E-state index in [-0.39, 0.29) is 18.0 Å². The van der Waals surface area contributed by atoms with Crippen LogP contribution in [0.15, 0.2) is 54.6 Å². The van der Waals surface area contributed by atoms with Crippen LogP contribution in [0.3, 0.4) is 0 Å². The molecule has 4 rings (SSSR count). The van der Waals surface area contributed by atoms with Crippen LogP contribution in [0.1, 0.15) is 17.2 Å². The lowest BCUT2D eigenvalue weighted by Crippen LogP contribution is -2.37. The fourth-order valence-electron chi connectivity index (χ4n) is 3.32. The van der Waals surface area contributed by atoms with E-state index >= 15 is 0 Å². The number of hydrogen-bond donors (Lipinski definition) is 1. The minimum absolute atomic E-state index is 0.195. The molecule has 2 N–H and O–H groups in total.